The second-order valence-electron chi connectivity index (χ2n) is 5.71. The molecule has 1 aliphatic rings. The second kappa shape index (κ2) is 11.7. The van der Waals surface area contributed by atoms with Crippen LogP contribution >= 0.6 is 24.2 Å². The molecule has 1 aromatic rings. The Morgan fingerprint density at radius 3 is 2.62 bits per heavy atom. The highest BCUT2D eigenvalue weighted by Gasteiger charge is 2.24. The molecule has 0 saturated carbocycles. The first-order chi connectivity index (χ1) is 11.2. The zero-order chi connectivity index (χ0) is 16.5. The van der Waals surface area contributed by atoms with Crippen LogP contribution in [0.3, 0.4) is 0 Å². The van der Waals surface area contributed by atoms with E-state index in [2.05, 4.69) is 22.3 Å². The number of carbonyl (C=O) groups is 1. The molecule has 0 spiro atoms. The molecule has 2 rings (SSSR count). The Balaban J connectivity index is 0.00000288. The number of amides is 1. The van der Waals surface area contributed by atoms with Gasteiger partial charge in [-0.3, -0.25) is 9.69 Å². The number of rotatable bonds is 8. The van der Waals surface area contributed by atoms with Crippen molar-refractivity contribution in [1.82, 2.24) is 10.2 Å². The number of carbonyl (C=O) groups excluding carboxylic acids is 1. The van der Waals surface area contributed by atoms with Crippen LogP contribution in [0.15, 0.2) is 30.3 Å². The number of halogens is 1. The molecule has 0 aromatic heterocycles. The van der Waals surface area contributed by atoms with Crippen LogP contribution in [0.4, 0.5) is 0 Å². The van der Waals surface area contributed by atoms with Crippen LogP contribution in [0.2, 0.25) is 0 Å². The van der Waals surface area contributed by atoms with E-state index in [0.29, 0.717) is 13.0 Å². The van der Waals surface area contributed by atoms with E-state index in [0.717, 1.165) is 32.1 Å². The first-order valence-corrected chi connectivity index (χ1v) is 9.50. The molecule has 1 fully saturated rings. The van der Waals surface area contributed by atoms with Crippen LogP contribution in [0.5, 0.6) is 0 Å². The second-order valence-corrected chi connectivity index (χ2v) is 6.69. The van der Waals surface area contributed by atoms with Crippen LogP contribution in [0.1, 0.15) is 18.0 Å². The molecule has 0 radical (unpaired) electrons. The average molecular weight is 374 g/mol. The van der Waals surface area contributed by atoms with Crippen LogP contribution in [-0.4, -0.2) is 61.7 Å². The zero-order valence-corrected chi connectivity index (χ0v) is 15.8. The largest absolute Gasteiger partial charge is 0.379 e. The highest BCUT2D eigenvalue weighted by molar-refractivity contribution is 7.98. The smallest absolute Gasteiger partial charge is 0.237 e. The monoisotopic (exact) mass is 373 g/mol. The van der Waals surface area contributed by atoms with Gasteiger partial charge in [0.2, 0.25) is 5.91 Å². The minimum absolute atomic E-state index is 0. The SMILES string of the molecule is CSCCC(N)C(=O)NCC(c1ccccc1)N1CCOCC1.Cl. The molecule has 1 saturated heterocycles. The van der Waals surface area contributed by atoms with Crippen molar-refractivity contribution >= 4 is 30.1 Å². The van der Waals surface area contributed by atoms with Crippen molar-refractivity contribution in [3.05, 3.63) is 35.9 Å². The molecule has 1 heterocycles. The summed E-state index contributed by atoms with van der Waals surface area (Å²) in [7, 11) is 0. The lowest BCUT2D eigenvalue weighted by atomic mass is 10.0. The summed E-state index contributed by atoms with van der Waals surface area (Å²) in [4.78, 5) is 14.5. The van der Waals surface area contributed by atoms with E-state index in [1.54, 1.807) is 11.8 Å². The molecule has 5 nitrogen and oxygen atoms in total. The molecule has 2 unspecified atom stereocenters. The fourth-order valence-corrected chi connectivity index (χ4v) is 3.22. The van der Waals surface area contributed by atoms with Gasteiger partial charge in [-0.25, -0.2) is 0 Å². The minimum atomic E-state index is -0.427. The van der Waals surface area contributed by atoms with Crippen molar-refractivity contribution < 1.29 is 9.53 Å². The predicted molar refractivity (Wildman–Crippen MR) is 103 cm³/mol. The van der Waals surface area contributed by atoms with Crippen LogP contribution in [0, 0.1) is 0 Å². The fourth-order valence-electron chi connectivity index (χ4n) is 2.73. The number of benzene rings is 1. The molecular weight excluding hydrogens is 346 g/mol. The summed E-state index contributed by atoms with van der Waals surface area (Å²) in [5, 5.41) is 3.03. The third-order valence-electron chi connectivity index (χ3n) is 4.11. The van der Waals surface area contributed by atoms with Gasteiger partial charge in [-0.1, -0.05) is 30.3 Å². The van der Waals surface area contributed by atoms with E-state index in [4.69, 9.17) is 10.5 Å². The Morgan fingerprint density at radius 2 is 2.00 bits per heavy atom. The number of nitrogens with one attached hydrogen (secondary N) is 1. The lowest BCUT2D eigenvalue weighted by Crippen LogP contribution is -2.47. The Bertz CT molecular complexity index is 472. The van der Waals surface area contributed by atoms with Crippen molar-refractivity contribution in [2.24, 2.45) is 5.73 Å². The summed E-state index contributed by atoms with van der Waals surface area (Å²) < 4.78 is 5.44. The van der Waals surface area contributed by atoms with Gasteiger partial charge >= 0.3 is 0 Å². The van der Waals surface area contributed by atoms with Gasteiger partial charge in [0, 0.05) is 19.6 Å². The van der Waals surface area contributed by atoms with Crippen molar-refractivity contribution in [2.75, 3.05) is 44.9 Å². The Morgan fingerprint density at radius 1 is 1.33 bits per heavy atom. The fraction of sp³-hybridized carbons (Fsp3) is 0.588. The van der Waals surface area contributed by atoms with E-state index < -0.39 is 6.04 Å². The highest BCUT2D eigenvalue weighted by atomic mass is 35.5. The quantitative estimate of drug-likeness (QED) is 0.725. The summed E-state index contributed by atoms with van der Waals surface area (Å²) in [6.45, 7) is 3.83. The summed E-state index contributed by atoms with van der Waals surface area (Å²) in [6, 6.07) is 10.0. The Kier molecular flexibility index (Phi) is 10.4. The van der Waals surface area contributed by atoms with Gasteiger partial charge < -0.3 is 15.8 Å². The third kappa shape index (κ3) is 6.61. The zero-order valence-electron chi connectivity index (χ0n) is 14.1. The lowest BCUT2D eigenvalue weighted by Gasteiger charge is -2.35. The van der Waals surface area contributed by atoms with Gasteiger partial charge in [0.1, 0.15) is 0 Å². The topological polar surface area (TPSA) is 67.6 Å². The highest BCUT2D eigenvalue weighted by Crippen LogP contribution is 2.21. The van der Waals surface area contributed by atoms with Crippen LogP contribution in [-0.2, 0) is 9.53 Å². The standard InChI is InChI=1S/C17H27N3O2S.ClH/c1-23-12-7-15(18)17(21)19-13-16(14-5-3-2-4-6-14)20-8-10-22-11-9-20;/h2-6,15-16H,7-13,18H2,1H3,(H,19,21);1H. The lowest BCUT2D eigenvalue weighted by molar-refractivity contribution is -0.122. The molecule has 1 amide bonds. The van der Waals surface area contributed by atoms with E-state index >= 15 is 0 Å². The first-order valence-electron chi connectivity index (χ1n) is 8.11. The normalized spacial score (nSPS) is 17.6. The van der Waals surface area contributed by atoms with Gasteiger partial charge in [0.15, 0.2) is 0 Å². The van der Waals surface area contributed by atoms with Gasteiger partial charge in [0.05, 0.1) is 25.3 Å². The maximum absolute atomic E-state index is 12.2. The summed E-state index contributed by atoms with van der Waals surface area (Å²) in [5.41, 5.74) is 7.16. The number of ether oxygens (including phenoxy) is 1. The van der Waals surface area contributed by atoms with Gasteiger partial charge in [-0.2, -0.15) is 11.8 Å². The van der Waals surface area contributed by atoms with Crippen molar-refractivity contribution in [2.45, 2.75) is 18.5 Å². The minimum Gasteiger partial charge on any atom is -0.379 e. The number of nitrogens with two attached hydrogens (primary N) is 1. The van der Waals surface area contributed by atoms with Gasteiger partial charge in [-0.05, 0) is 24.0 Å². The average Bonchev–Trinajstić information content (AvgIpc) is 2.61. The van der Waals surface area contributed by atoms with Crippen molar-refractivity contribution in [3.8, 4) is 0 Å². The van der Waals surface area contributed by atoms with Gasteiger partial charge in [0.25, 0.3) is 0 Å². The molecule has 2 atom stereocenters. The number of thioether (sulfide) groups is 1. The molecule has 24 heavy (non-hydrogen) atoms. The summed E-state index contributed by atoms with van der Waals surface area (Å²) in [5.74, 6) is 0.841. The van der Waals surface area contributed by atoms with Crippen molar-refractivity contribution in [1.29, 1.82) is 0 Å². The number of morpholine rings is 1. The molecule has 1 aliphatic heterocycles. The molecule has 3 N–H and O–H groups in total. The predicted octanol–water partition coefficient (Wildman–Crippen LogP) is 1.68. The summed E-state index contributed by atoms with van der Waals surface area (Å²) >= 11 is 1.71. The maximum atomic E-state index is 12.2. The van der Waals surface area contributed by atoms with Crippen molar-refractivity contribution in [3.63, 3.8) is 0 Å². The van der Waals surface area contributed by atoms with E-state index in [1.807, 2.05) is 24.5 Å². The maximum Gasteiger partial charge on any atom is 0.237 e. The van der Waals surface area contributed by atoms with E-state index in [-0.39, 0.29) is 24.4 Å². The van der Waals surface area contributed by atoms with E-state index in [1.165, 1.54) is 5.56 Å². The molecule has 1 aromatic carbocycles. The van der Waals surface area contributed by atoms with Crippen LogP contribution < -0.4 is 11.1 Å². The molecule has 0 aliphatic carbocycles. The first kappa shape index (κ1) is 21.3. The number of hydrogen-bond acceptors (Lipinski definition) is 5. The van der Waals surface area contributed by atoms with Gasteiger partial charge in [-0.15, -0.1) is 12.4 Å². The molecule has 136 valence electrons. The van der Waals surface area contributed by atoms with Crippen LogP contribution in [0.25, 0.3) is 0 Å². The Labute approximate surface area is 155 Å². The molecule has 0 bridgehead atoms. The number of hydrogen-bond donors (Lipinski definition) is 2. The Hall–Kier alpha value is -0.790. The summed E-state index contributed by atoms with van der Waals surface area (Å²) in [6.07, 6.45) is 2.73. The molecule has 7 heteroatoms. The van der Waals surface area contributed by atoms with E-state index in [9.17, 15) is 4.79 Å². The third-order valence-corrected chi connectivity index (χ3v) is 4.75. The number of nitrogens with zero attached hydrogens (tertiary/aromatic N) is 1. The molecular formula is C17H28ClN3O2S.